The summed E-state index contributed by atoms with van der Waals surface area (Å²) < 4.78 is 0. The number of likely N-dealkylation sites (N-methyl/N-ethyl adjacent to an activating group) is 1. The first-order chi connectivity index (χ1) is 7.43. The fraction of sp³-hybridized carbons (Fsp3) is 0.273. The molecule has 0 aromatic heterocycles. The van der Waals surface area contributed by atoms with Crippen molar-refractivity contribution in [1.82, 2.24) is 0 Å². The lowest BCUT2D eigenvalue weighted by Gasteiger charge is -2.23. The lowest BCUT2D eigenvalue weighted by molar-refractivity contribution is -0.138. The summed E-state index contributed by atoms with van der Waals surface area (Å²) in [5.74, 6) is -1.93. The van der Waals surface area contributed by atoms with Crippen molar-refractivity contribution in [3.8, 4) is 0 Å². The Balaban J connectivity index is 2.89. The minimum absolute atomic E-state index is 0.181. The molecule has 5 nitrogen and oxygen atoms in total. The number of benzene rings is 1. The monoisotopic (exact) mass is 223 g/mol. The minimum atomic E-state index is -1.000. The minimum Gasteiger partial charge on any atom is -0.480 e. The Kier molecular flexibility index (Phi) is 3.50. The van der Waals surface area contributed by atoms with Crippen LogP contribution >= 0.6 is 0 Å². The number of hydrogen-bond acceptors (Lipinski definition) is 3. The van der Waals surface area contributed by atoms with E-state index in [0.717, 1.165) is 0 Å². The molecule has 1 aromatic carbocycles. The molecule has 0 aliphatic carbocycles. The summed E-state index contributed by atoms with van der Waals surface area (Å²) in [4.78, 5) is 22.9. The number of aliphatic carboxylic acids is 1. The summed E-state index contributed by atoms with van der Waals surface area (Å²) in [5, 5.41) is 17.5. The van der Waals surface area contributed by atoms with Crippen molar-refractivity contribution in [2.24, 2.45) is 0 Å². The lowest BCUT2D eigenvalue weighted by atomic mass is 10.2. The number of carboxylic acid groups (broad SMARTS) is 2. The molecule has 0 saturated carbocycles. The van der Waals surface area contributed by atoms with Crippen LogP contribution in [-0.2, 0) is 4.79 Å². The topological polar surface area (TPSA) is 77.8 Å². The van der Waals surface area contributed by atoms with Crippen molar-refractivity contribution in [1.29, 1.82) is 0 Å². The van der Waals surface area contributed by atoms with Crippen LogP contribution < -0.4 is 4.90 Å². The first-order valence-electron chi connectivity index (χ1n) is 4.72. The van der Waals surface area contributed by atoms with E-state index in [1.807, 2.05) is 0 Å². The number of carbonyl (C=O) groups is 2. The molecule has 1 aromatic rings. The van der Waals surface area contributed by atoms with Gasteiger partial charge in [-0.05, 0) is 31.2 Å². The van der Waals surface area contributed by atoms with E-state index in [4.69, 9.17) is 10.2 Å². The van der Waals surface area contributed by atoms with E-state index in [9.17, 15) is 9.59 Å². The standard InChI is InChI=1S/C11H13NO4/c1-7(10(13)14)12(2)9-5-3-8(4-6-9)11(15)16/h3-7H,1-2H3,(H,13,14)(H,15,16)/t7-/m0/s1. The zero-order valence-electron chi connectivity index (χ0n) is 9.04. The number of anilines is 1. The van der Waals surface area contributed by atoms with Gasteiger partial charge in [-0.2, -0.15) is 0 Å². The number of nitrogens with zero attached hydrogens (tertiary/aromatic N) is 1. The molecule has 0 bridgehead atoms. The van der Waals surface area contributed by atoms with Gasteiger partial charge in [-0.1, -0.05) is 0 Å². The van der Waals surface area contributed by atoms with Crippen LogP contribution in [0.25, 0.3) is 0 Å². The maximum Gasteiger partial charge on any atom is 0.335 e. The Bertz CT molecular complexity index is 399. The Morgan fingerprint density at radius 2 is 1.69 bits per heavy atom. The van der Waals surface area contributed by atoms with E-state index in [0.29, 0.717) is 5.69 Å². The van der Waals surface area contributed by atoms with Crippen LogP contribution in [0.5, 0.6) is 0 Å². The van der Waals surface area contributed by atoms with E-state index in [-0.39, 0.29) is 5.56 Å². The molecule has 0 radical (unpaired) electrons. The van der Waals surface area contributed by atoms with Gasteiger partial charge in [0.15, 0.2) is 0 Å². The Morgan fingerprint density at radius 1 is 1.19 bits per heavy atom. The predicted octanol–water partition coefficient (Wildman–Crippen LogP) is 1.29. The molecule has 0 heterocycles. The van der Waals surface area contributed by atoms with E-state index in [1.165, 1.54) is 12.1 Å². The summed E-state index contributed by atoms with van der Waals surface area (Å²) in [7, 11) is 1.65. The molecule has 0 fully saturated rings. The molecule has 86 valence electrons. The molecule has 16 heavy (non-hydrogen) atoms. The highest BCUT2D eigenvalue weighted by Crippen LogP contribution is 2.16. The summed E-state index contributed by atoms with van der Waals surface area (Å²) in [6.45, 7) is 1.56. The Labute approximate surface area is 92.9 Å². The summed E-state index contributed by atoms with van der Waals surface area (Å²) in [6.07, 6.45) is 0. The summed E-state index contributed by atoms with van der Waals surface area (Å²) >= 11 is 0. The lowest BCUT2D eigenvalue weighted by Crippen LogP contribution is -2.35. The van der Waals surface area contributed by atoms with Gasteiger partial charge in [0, 0.05) is 12.7 Å². The Hall–Kier alpha value is -2.04. The largest absolute Gasteiger partial charge is 0.480 e. The van der Waals surface area contributed by atoms with Gasteiger partial charge >= 0.3 is 11.9 Å². The fourth-order valence-corrected chi connectivity index (χ4v) is 1.23. The molecule has 0 aliphatic rings. The van der Waals surface area contributed by atoms with Crippen molar-refractivity contribution in [2.45, 2.75) is 13.0 Å². The summed E-state index contributed by atoms with van der Waals surface area (Å²) in [6, 6.07) is 5.41. The van der Waals surface area contributed by atoms with Gasteiger partial charge < -0.3 is 15.1 Å². The second-order valence-corrected chi connectivity index (χ2v) is 3.48. The van der Waals surface area contributed by atoms with Gasteiger partial charge in [0.25, 0.3) is 0 Å². The highest BCUT2D eigenvalue weighted by molar-refractivity contribution is 5.88. The van der Waals surface area contributed by atoms with Gasteiger partial charge in [0.2, 0.25) is 0 Å². The number of aromatic carboxylic acids is 1. The average molecular weight is 223 g/mol. The molecule has 0 spiro atoms. The molecule has 5 heteroatoms. The molecule has 0 aliphatic heterocycles. The number of rotatable bonds is 4. The van der Waals surface area contributed by atoms with Crippen LogP contribution in [0.3, 0.4) is 0 Å². The van der Waals surface area contributed by atoms with Crippen LogP contribution in [-0.4, -0.2) is 35.2 Å². The van der Waals surface area contributed by atoms with Crippen LogP contribution in [0.1, 0.15) is 17.3 Å². The predicted molar refractivity (Wildman–Crippen MR) is 58.9 cm³/mol. The number of carboxylic acids is 2. The van der Waals surface area contributed by atoms with E-state index >= 15 is 0 Å². The fourth-order valence-electron chi connectivity index (χ4n) is 1.23. The maximum atomic E-state index is 10.8. The number of hydrogen-bond donors (Lipinski definition) is 2. The first-order valence-corrected chi connectivity index (χ1v) is 4.72. The third-order valence-corrected chi connectivity index (χ3v) is 2.46. The highest BCUT2D eigenvalue weighted by Gasteiger charge is 2.17. The van der Waals surface area contributed by atoms with Crippen LogP contribution in [0, 0.1) is 0 Å². The molecule has 0 unspecified atom stereocenters. The zero-order chi connectivity index (χ0) is 12.3. The SMILES string of the molecule is C[C@@H](C(=O)O)N(C)c1ccc(C(=O)O)cc1. The maximum absolute atomic E-state index is 10.8. The van der Waals surface area contributed by atoms with Gasteiger partial charge in [0.05, 0.1) is 5.56 Å². The molecule has 2 N–H and O–H groups in total. The first kappa shape index (κ1) is 12.0. The van der Waals surface area contributed by atoms with E-state index in [2.05, 4.69) is 0 Å². The second-order valence-electron chi connectivity index (χ2n) is 3.48. The normalized spacial score (nSPS) is 11.9. The van der Waals surface area contributed by atoms with Crippen LogP contribution in [0.2, 0.25) is 0 Å². The average Bonchev–Trinajstić information content (AvgIpc) is 2.27. The smallest absolute Gasteiger partial charge is 0.335 e. The zero-order valence-corrected chi connectivity index (χ0v) is 9.04. The second kappa shape index (κ2) is 4.65. The molecule has 1 rings (SSSR count). The van der Waals surface area contributed by atoms with E-state index < -0.39 is 18.0 Å². The molecule has 1 atom stereocenters. The van der Waals surface area contributed by atoms with Crippen molar-refractivity contribution < 1.29 is 19.8 Å². The van der Waals surface area contributed by atoms with Crippen molar-refractivity contribution >= 4 is 17.6 Å². The van der Waals surface area contributed by atoms with Crippen molar-refractivity contribution in [2.75, 3.05) is 11.9 Å². The van der Waals surface area contributed by atoms with Gasteiger partial charge in [-0.15, -0.1) is 0 Å². The molecular formula is C11H13NO4. The highest BCUT2D eigenvalue weighted by atomic mass is 16.4. The quantitative estimate of drug-likeness (QED) is 0.804. The summed E-state index contributed by atoms with van der Waals surface area (Å²) in [5.41, 5.74) is 0.847. The van der Waals surface area contributed by atoms with Gasteiger partial charge in [-0.25, -0.2) is 9.59 Å². The molecular weight excluding hydrogens is 210 g/mol. The molecule has 0 saturated heterocycles. The van der Waals surface area contributed by atoms with Crippen LogP contribution in [0.4, 0.5) is 5.69 Å². The van der Waals surface area contributed by atoms with Crippen LogP contribution in [0.15, 0.2) is 24.3 Å². The van der Waals surface area contributed by atoms with Gasteiger partial charge in [-0.3, -0.25) is 0 Å². The third-order valence-electron chi connectivity index (χ3n) is 2.46. The third kappa shape index (κ3) is 2.50. The van der Waals surface area contributed by atoms with E-state index in [1.54, 1.807) is 31.0 Å². The van der Waals surface area contributed by atoms with Gasteiger partial charge in [0.1, 0.15) is 6.04 Å². The molecule has 0 amide bonds. The van der Waals surface area contributed by atoms with Crippen molar-refractivity contribution in [3.05, 3.63) is 29.8 Å². The Morgan fingerprint density at radius 3 is 2.06 bits per heavy atom. The van der Waals surface area contributed by atoms with Crippen molar-refractivity contribution in [3.63, 3.8) is 0 Å².